The highest BCUT2D eigenvalue weighted by atomic mass is 32.2. The maximum atomic E-state index is 13.7. The van der Waals surface area contributed by atoms with Crippen molar-refractivity contribution in [2.45, 2.75) is 45.7 Å². The summed E-state index contributed by atoms with van der Waals surface area (Å²) in [6.07, 6.45) is 1.62. The lowest BCUT2D eigenvalue weighted by atomic mass is 10.1. The van der Waals surface area contributed by atoms with Gasteiger partial charge in [0.25, 0.3) is 0 Å². The van der Waals surface area contributed by atoms with E-state index in [0.717, 1.165) is 26.9 Å². The molecule has 2 amide bonds. The van der Waals surface area contributed by atoms with Gasteiger partial charge in [-0.3, -0.25) is 13.9 Å². The maximum Gasteiger partial charge on any atom is 0.244 e. The number of sulfonamides is 1. The molecule has 3 aromatic carbocycles. The van der Waals surface area contributed by atoms with E-state index in [4.69, 9.17) is 0 Å². The number of fused-ring (bicyclic) bond motifs is 1. The van der Waals surface area contributed by atoms with Crippen molar-refractivity contribution in [3.63, 3.8) is 0 Å². The third kappa shape index (κ3) is 7.07. The van der Waals surface area contributed by atoms with Crippen molar-refractivity contribution in [2.24, 2.45) is 0 Å². The van der Waals surface area contributed by atoms with Gasteiger partial charge in [0.1, 0.15) is 12.6 Å². The van der Waals surface area contributed by atoms with Gasteiger partial charge in [-0.15, -0.1) is 0 Å². The number of carbonyl (C=O) groups excluding carboxylic acids is 2. The van der Waals surface area contributed by atoms with Gasteiger partial charge in [0.15, 0.2) is 0 Å². The molecule has 36 heavy (non-hydrogen) atoms. The molecule has 0 fully saturated rings. The Kier molecular flexibility index (Phi) is 8.40. The third-order valence-electron chi connectivity index (χ3n) is 5.86. The lowest BCUT2D eigenvalue weighted by Gasteiger charge is -2.33. The summed E-state index contributed by atoms with van der Waals surface area (Å²) in [5.41, 5.74) is 0.979. The van der Waals surface area contributed by atoms with E-state index in [-0.39, 0.29) is 12.5 Å². The van der Waals surface area contributed by atoms with Crippen LogP contribution in [0.1, 0.15) is 33.3 Å². The van der Waals surface area contributed by atoms with E-state index in [1.807, 2.05) is 81.4 Å². The van der Waals surface area contributed by atoms with E-state index in [0.29, 0.717) is 12.1 Å². The van der Waals surface area contributed by atoms with Gasteiger partial charge < -0.3 is 10.2 Å². The van der Waals surface area contributed by atoms with Gasteiger partial charge in [-0.05, 0) is 51.1 Å². The standard InChI is InChI=1S/C28H35N3O4S/c1-21(27(33)29-28(2,3)4)30(19-18-22-12-7-6-8-13-22)26(32)20-31(36(5,34)35)25-17-11-15-23-14-9-10-16-24(23)25/h6-17,21H,18-20H2,1-5H3,(H,29,33)/t21-/m0/s1. The van der Waals surface area contributed by atoms with Crippen molar-refractivity contribution in [3.05, 3.63) is 78.4 Å². The minimum Gasteiger partial charge on any atom is -0.350 e. The first-order valence-corrected chi connectivity index (χ1v) is 13.8. The first kappa shape index (κ1) is 27.2. The Labute approximate surface area is 214 Å². The van der Waals surface area contributed by atoms with Gasteiger partial charge in [0, 0.05) is 17.5 Å². The fourth-order valence-electron chi connectivity index (χ4n) is 4.06. The number of amides is 2. The zero-order valence-electron chi connectivity index (χ0n) is 21.6. The van der Waals surface area contributed by atoms with Crippen LogP contribution in [-0.4, -0.2) is 56.1 Å². The van der Waals surface area contributed by atoms with Crippen molar-refractivity contribution in [1.29, 1.82) is 0 Å². The summed E-state index contributed by atoms with van der Waals surface area (Å²) in [6, 6.07) is 21.7. The Hall–Kier alpha value is -3.39. The molecule has 0 spiro atoms. The molecule has 0 saturated heterocycles. The Bertz CT molecular complexity index is 1310. The van der Waals surface area contributed by atoms with Crippen LogP contribution in [0, 0.1) is 0 Å². The second kappa shape index (κ2) is 11.1. The van der Waals surface area contributed by atoms with E-state index in [9.17, 15) is 18.0 Å². The fourth-order valence-corrected chi connectivity index (χ4v) is 4.93. The highest BCUT2D eigenvalue weighted by Crippen LogP contribution is 2.28. The van der Waals surface area contributed by atoms with E-state index < -0.39 is 34.1 Å². The molecule has 3 aromatic rings. The monoisotopic (exact) mass is 509 g/mol. The molecule has 0 bridgehead atoms. The van der Waals surface area contributed by atoms with Crippen LogP contribution in [0.5, 0.6) is 0 Å². The van der Waals surface area contributed by atoms with Gasteiger partial charge in [0.2, 0.25) is 21.8 Å². The molecule has 0 unspecified atom stereocenters. The molecule has 0 aliphatic rings. The van der Waals surface area contributed by atoms with Gasteiger partial charge in [0.05, 0.1) is 11.9 Å². The Balaban J connectivity index is 1.94. The predicted molar refractivity (Wildman–Crippen MR) is 145 cm³/mol. The highest BCUT2D eigenvalue weighted by molar-refractivity contribution is 7.92. The number of rotatable bonds is 9. The summed E-state index contributed by atoms with van der Waals surface area (Å²) in [7, 11) is -3.79. The Morgan fingerprint density at radius 3 is 2.17 bits per heavy atom. The van der Waals surface area contributed by atoms with Gasteiger partial charge in [-0.25, -0.2) is 8.42 Å². The van der Waals surface area contributed by atoms with Crippen molar-refractivity contribution in [3.8, 4) is 0 Å². The van der Waals surface area contributed by atoms with E-state index in [2.05, 4.69) is 5.32 Å². The van der Waals surface area contributed by atoms with Gasteiger partial charge in [-0.2, -0.15) is 0 Å². The third-order valence-corrected chi connectivity index (χ3v) is 6.99. The summed E-state index contributed by atoms with van der Waals surface area (Å²) in [6.45, 7) is 7.16. The van der Waals surface area contributed by atoms with Crippen molar-refractivity contribution in [2.75, 3.05) is 23.7 Å². The van der Waals surface area contributed by atoms with Crippen LogP contribution >= 0.6 is 0 Å². The van der Waals surface area contributed by atoms with Crippen LogP contribution in [0.25, 0.3) is 10.8 Å². The molecule has 1 atom stereocenters. The van der Waals surface area contributed by atoms with Crippen molar-refractivity contribution < 1.29 is 18.0 Å². The zero-order valence-corrected chi connectivity index (χ0v) is 22.4. The van der Waals surface area contributed by atoms with Crippen molar-refractivity contribution >= 4 is 38.3 Å². The molecule has 0 aromatic heterocycles. The molecular formula is C28H35N3O4S. The summed E-state index contributed by atoms with van der Waals surface area (Å²) in [4.78, 5) is 28.2. The normalized spacial score (nSPS) is 12.7. The molecule has 0 heterocycles. The lowest BCUT2D eigenvalue weighted by Crippen LogP contribution is -2.55. The van der Waals surface area contributed by atoms with Crippen molar-refractivity contribution in [1.82, 2.24) is 10.2 Å². The largest absolute Gasteiger partial charge is 0.350 e. The van der Waals surface area contributed by atoms with Gasteiger partial charge in [-0.1, -0.05) is 66.7 Å². The minimum absolute atomic E-state index is 0.273. The number of benzene rings is 3. The van der Waals surface area contributed by atoms with Crippen LogP contribution in [0.15, 0.2) is 72.8 Å². The molecule has 1 N–H and O–H groups in total. The molecule has 0 radical (unpaired) electrons. The number of anilines is 1. The fraction of sp³-hybridized carbons (Fsp3) is 0.357. The number of nitrogens with zero attached hydrogens (tertiary/aromatic N) is 2. The SMILES string of the molecule is C[C@@H](C(=O)NC(C)(C)C)N(CCc1ccccc1)C(=O)CN(c1cccc2ccccc12)S(C)(=O)=O. The average molecular weight is 510 g/mol. The second-order valence-corrected chi connectivity index (χ2v) is 11.9. The summed E-state index contributed by atoms with van der Waals surface area (Å²) < 4.78 is 26.9. The molecule has 0 aliphatic heterocycles. The summed E-state index contributed by atoms with van der Waals surface area (Å²) in [5, 5.41) is 4.53. The van der Waals surface area contributed by atoms with Crippen LogP contribution in [0.3, 0.4) is 0 Å². The first-order valence-electron chi connectivity index (χ1n) is 12.0. The smallest absolute Gasteiger partial charge is 0.244 e. The lowest BCUT2D eigenvalue weighted by molar-refractivity contribution is -0.139. The molecule has 8 heteroatoms. The number of nitrogens with one attached hydrogen (secondary N) is 1. The predicted octanol–water partition coefficient (Wildman–Crippen LogP) is 3.98. The van der Waals surface area contributed by atoms with Crippen LogP contribution < -0.4 is 9.62 Å². The number of hydrogen-bond donors (Lipinski definition) is 1. The quantitative estimate of drug-likeness (QED) is 0.473. The molecule has 192 valence electrons. The average Bonchev–Trinajstić information content (AvgIpc) is 2.81. The molecule has 0 saturated carbocycles. The van der Waals surface area contributed by atoms with E-state index in [1.165, 1.54) is 4.90 Å². The first-order chi connectivity index (χ1) is 16.9. The van der Waals surface area contributed by atoms with E-state index in [1.54, 1.807) is 19.1 Å². The minimum atomic E-state index is -3.79. The van der Waals surface area contributed by atoms with Crippen LogP contribution in [-0.2, 0) is 26.0 Å². The molecule has 0 aliphatic carbocycles. The topological polar surface area (TPSA) is 86.8 Å². The Morgan fingerprint density at radius 2 is 1.53 bits per heavy atom. The summed E-state index contributed by atoms with van der Waals surface area (Å²) >= 11 is 0. The number of carbonyl (C=O) groups is 2. The highest BCUT2D eigenvalue weighted by Gasteiger charge is 2.31. The molecule has 3 rings (SSSR count). The van der Waals surface area contributed by atoms with Crippen LogP contribution in [0.2, 0.25) is 0 Å². The zero-order chi connectivity index (χ0) is 26.5. The molecular weight excluding hydrogens is 474 g/mol. The Morgan fingerprint density at radius 1 is 0.917 bits per heavy atom. The van der Waals surface area contributed by atoms with Crippen LogP contribution in [0.4, 0.5) is 5.69 Å². The maximum absolute atomic E-state index is 13.7. The second-order valence-electron chi connectivity index (χ2n) is 10.0. The van der Waals surface area contributed by atoms with Gasteiger partial charge >= 0.3 is 0 Å². The van der Waals surface area contributed by atoms with E-state index >= 15 is 0 Å². The molecule has 7 nitrogen and oxygen atoms in total. The number of hydrogen-bond acceptors (Lipinski definition) is 4. The summed E-state index contributed by atoms with van der Waals surface area (Å²) in [5.74, 6) is -0.735.